The molecule has 0 aromatic carbocycles. The lowest BCUT2D eigenvalue weighted by atomic mass is 10.1. The number of anilines is 1. The number of esters is 1. The van der Waals surface area contributed by atoms with E-state index in [9.17, 15) is 9.59 Å². The van der Waals surface area contributed by atoms with Crippen LogP contribution >= 0.6 is 11.3 Å². The van der Waals surface area contributed by atoms with Gasteiger partial charge in [0.2, 0.25) is 5.91 Å². The second-order valence-corrected chi connectivity index (χ2v) is 5.92. The van der Waals surface area contributed by atoms with Crippen molar-refractivity contribution in [3.05, 3.63) is 16.0 Å². The second kappa shape index (κ2) is 5.30. The van der Waals surface area contributed by atoms with Crippen molar-refractivity contribution in [2.24, 2.45) is 5.92 Å². The summed E-state index contributed by atoms with van der Waals surface area (Å²) in [7, 11) is 1.33. The topological polar surface area (TPSA) is 66.8 Å². The number of hydrogen-bond donors (Lipinski definition) is 1. The minimum absolute atomic E-state index is 0.0147. The molecule has 1 fully saturated rings. The van der Waals surface area contributed by atoms with Crippen molar-refractivity contribution in [2.75, 3.05) is 25.2 Å². The molecule has 1 atom stereocenters. The molecule has 104 valence electrons. The van der Waals surface area contributed by atoms with E-state index in [1.54, 1.807) is 4.90 Å². The average Bonchev–Trinajstić information content (AvgIpc) is 2.90. The van der Waals surface area contributed by atoms with Gasteiger partial charge >= 0.3 is 5.97 Å². The Morgan fingerprint density at radius 3 is 2.74 bits per heavy atom. The largest absolute Gasteiger partial charge is 0.465 e. The zero-order chi connectivity index (χ0) is 14.2. The van der Waals surface area contributed by atoms with Gasteiger partial charge < -0.3 is 14.7 Å². The highest BCUT2D eigenvalue weighted by Crippen LogP contribution is 2.38. The Balaban J connectivity index is 2.43. The van der Waals surface area contributed by atoms with Crippen molar-refractivity contribution in [1.29, 1.82) is 0 Å². The molecule has 1 aliphatic heterocycles. The maximum Gasteiger partial charge on any atom is 0.341 e. The van der Waals surface area contributed by atoms with Crippen LogP contribution in [0.1, 0.15) is 27.2 Å². The van der Waals surface area contributed by atoms with E-state index >= 15 is 0 Å². The van der Waals surface area contributed by atoms with Crippen molar-refractivity contribution < 1.29 is 19.4 Å². The highest BCUT2D eigenvalue weighted by Gasteiger charge is 2.34. The Labute approximate surface area is 115 Å². The molecule has 0 saturated carbocycles. The number of aliphatic hydroxyl groups is 1. The normalized spacial score (nSPS) is 19.1. The lowest BCUT2D eigenvalue weighted by Gasteiger charge is -2.16. The van der Waals surface area contributed by atoms with Gasteiger partial charge in [-0.3, -0.25) is 4.79 Å². The smallest absolute Gasteiger partial charge is 0.341 e. The standard InChI is InChI=1S/C13H17NO4S/c1-7-8(2)19-12(11(7)13(17)18-3)14-5-9(6-15)4-10(14)16/h9,15H,4-6H2,1-3H3. The number of thiophene rings is 1. The fourth-order valence-electron chi connectivity index (χ4n) is 2.24. The molecule has 6 heteroatoms. The maximum atomic E-state index is 12.0. The predicted molar refractivity (Wildman–Crippen MR) is 72.7 cm³/mol. The molecular formula is C13H17NO4S. The minimum Gasteiger partial charge on any atom is -0.465 e. The number of carbonyl (C=O) groups excluding carboxylic acids is 2. The van der Waals surface area contributed by atoms with Crippen molar-refractivity contribution in [3.63, 3.8) is 0 Å². The minimum atomic E-state index is -0.419. The number of hydrogen-bond acceptors (Lipinski definition) is 5. The van der Waals surface area contributed by atoms with Crippen LogP contribution in [0.15, 0.2) is 0 Å². The molecule has 0 aliphatic carbocycles. The molecule has 19 heavy (non-hydrogen) atoms. The van der Waals surface area contributed by atoms with Crippen LogP contribution in [-0.2, 0) is 9.53 Å². The molecule has 1 saturated heterocycles. The van der Waals surface area contributed by atoms with Gasteiger partial charge in [0.15, 0.2) is 0 Å². The third kappa shape index (κ3) is 2.37. The molecule has 0 spiro atoms. The molecule has 2 rings (SSSR count). The number of nitrogens with zero attached hydrogens (tertiary/aromatic N) is 1. The molecule has 1 amide bonds. The van der Waals surface area contributed by atoms with Crippen LogP contribution in [0.5, 0.6) is 0 Å². The third-order valence-corrected chi connectivity index (χ3v) is 4.69. The van der Waals surface area contributed by atoms with Gasteiger partial charge in [0.05, 0.1) is 12.7 Å². The van der Waals surface area contributed by atoms with Crippen LogP contribution in [0.4, 0.5) is 5.00 Å². The lowest BCUT2D eigenvalue weighted by molar-refractivity contribution is -0.117. The first-order valence-corrected chi connectivity index (χ1v) is 6.90. The van der Waals surface area contributed by atoms with E-state index in [-0.39, 0.29) is 18.4 Å². The van der Waals surface area contributed by atoms with Crippen molar-refractivity contribution >= 4 is 28.2 Å². The summed E-state index contributed by atoms with van der Waals surface area (Å²) in [6.07, 6.45) is 0.326. The van der Waals surface area contributed by atoms with E-state index in [0.29, 0.717) is 23.5 Å². The van der Waals surface area contributed by atoms with Crippen molar-refractivity contribution in [1.82, 2.24) is 0 Å². The number of methoxy groups -OCH3 is 1. The number of aryl methyl sites for hydroxylation is 1. The van der Waals surface area contributed by atoms with Gasteiger partial charge in [0, 0.05) is 30.4 Å². The fraction of sp³-hybridized carbons (Fsp3) is 0.538. The van der Waals surface area contributed by atoms with Gasteiger partial charge in [-0.25, -0.2) is 4.79 Å². The van der Waals surface area contributed by atoms with Gasteiger partial charge in [-0.05, 0) is 19.4 Å². The predicted octanol–water partition coefficient (Wildman–Crippen LogP) is 1.50. The first-order valence-electron chi connectivity index (χ1n) is 6.09. The van der Waals surface area contributed by atoms with Gasteiger partial charge in [0.25, 0.3) is 0 Å². The maximum absolute atomic E-state index is 12.0. The summed E-state index contributed by atoms with van der Waals surface area (Å²) in [6.45, 7) is 4.21. The summed E-state index contributed by atoms with van der Waals surface area (Å²) < 4.78 is 4.80. The lowest BCUT2D eigenvalue weighted by Crippen LogP contribution is -2.26. The Morgan fingerprint density at radius 1 is 1.53 bits per heavy atom. The van der Waals surface area contributed by atoms with E-state index in [0.717, 1.165) is 10.4 Å². The van der Waals surface area contributed by atoms with Crippen LogP contribution in [0.25, 0.3) is 0 Å². The van der Waals surface area contributed by atoms with Gasteiger partial charge in [0.1, 0.15) is 5.00 Å². The third-order valence-electron chi connectivity index (χ3n) is 3.46. The zero-order valence-corrected chi connectivity index (χ0v) is 12.0. The van der Waals surface area contributed by atoms with Crippen LogP contribution in [0.3, 0.4) is 0 Å². The highest BCUT2D eigenvalue weighted by molar-refractivity contribution is 7.16. The van der Waals surface area contributed by atoms with Gasteiger partial charge in [-0.15, -0.1) is 11.3 Å². The first kappa shape index (κ1) is 14.0. The molecule has 1 aliphatic rings. The van der Waals surface area contributed by atoms with Gasteiger partial charge in [-0.2, -0.15) is 0 Å². The summed E-state index contributed by atoms with van der Waals surface area (Å²) in [5.74, 6) is -0.525. The molecule has 1 aromatic heterocycles. The number of carbonyl (C=O) groups is 2. The van der Waals surface area contributed by atoms with E-state index in [1.807, 2.05) is 13.8 Å². The average molecular weight is 283 g/mol. The van der Waals surface area contributed by atoms with E-state index < -0.39 is 5.97 Å². The Bertz CT molecular complexity index is 523. The molecule has 1 aromatic rings. The summed E-state index contributed by atoms with van der Waals surface area (Å²) in [6, 6.07) is 0. The molecular weight excluding hydrogens is 266 g/mol. The Hall–Kier alpha value is -1.40. The Kier molecular flexibility index (Phi) is 3.91. The fourth-order valence-corrected chi connectivity index (χ4v) is 3.41. The summed E-state index contributed by atoms with van der Waals surface area (Å²) in [5.41, 5.74) is 1.32. The van der Waals surface area contributed by atoms with Crippen LogP contribution in [0, 0.1) is 19.8 Å². The number of amides is 1. The van der Waals surface area contributed by atoms with Crippen LogP contribution in [-0.4, -0.2) is 37.2 Å². The number of aliphatic hydroxyl groups excluding tert-OH is 1. The summed E-state index contributed by atoms with van der Waals surface area (Å²) in [4.78, 5) is 26.5. The zero-order valence-electron chi connectivity index (χ0n) is 11.2. The molecule has 0 bridgehead atoms. The molecule has 1 unspecified atom stereocenters. The van der Waals surface area contributed by atoms with E-state index in [4.69, 9.17) is 9.84 Å². The number of rotatable bonds is 3. The number of ether oxygens (including phenoxy) is 1. The molecule has 0 radical (unpaired) electrons. The second-order valence-electron chi connectivity index (χ2n) is 4.71. The summed E-state index contributed by atoms with van der Waals surface area (Å²) >= 11 is 1.42. The first-order chi connectivity index (χ1) is 8.99. The monoisotopic (exact) mass is 283 g/mol. The molecule has 1 N–H and O–H groups in total. The molecule has 2 heterocycles. The van der Waals surface area contributed by atoms with E-state index in [2.05, 4.69) is 0 Å². The van der Waals surface area contributed by atoms with Crippen molar-refractivity contribution in [3.8, 4) is 0 Å². The van der Waals surface area contributed by atoms with Crippen LogP contribution < -0.4 is 4.90 Å². The highest BCUT2D eigenvalue weighted by atomic mass is 32.1. The Morgan fingerprint density at radius 2 is 2.21 bits per heavy atom. The van der Waals surface area contributed by atoms with Gasteiger partial charge in [-0.1, -0.05) is 0 Å². The quantitative estimate of drug-likeness (QED) is 0.854. The van der Waals surface area contributed by atoms with Crippen LogP contribution in [0.2, 0.25) is 0 Å². The summed E-state index contributed by atoms with van der Waals surface area (Å²) in [5, 5.41) is 9.81. The van der Waals surface area contributed by atoms with Crippen molar-refractivity contribution in [2.45, 2.75) is 20.3 Å². The van der Waals surface area contributed by atoms with E-state index in [1.165, 1.54) is 18.4 Å². The molecule has 5 nitrogen and oxygen atoms in total. The SMILES string of the molecule is COC(=O)c1c(N2CC(CO)CC2=O)sc(C)c1C.